The van der Waals surface area contributed by atoms with E-state index in [1.165, 1.54) is 18.8 Å². The van der Waals surface area contributed by atoms with E-state index in [2.05, 4.69) is 27.5 Å². The van der Waals surface area contributed by atoms with E-state index in [0.29, 0.717) is 11.0 Å². The molecule has 0 spiro atoms. The molecule has 0 saturated carbocycles. The number of piperidine rings is 2. The van der Waals surface area contributed by atoms with Crippen molar-refractivity contribution in [3.8, 4) is 5.75 Å². The third-order valence-electron chi connectivity index (χ3n) is 5.98. The number of thiocarbonyl (C=S) groups is 1. The molecule has 4 saturated heterocycles. The van der Waals surface area contributed by atoms with Crippen LogP contribution in [0.1, 0.15) is 13.3 Å². The van der Waals surface area contributed by atoms with Crippen LogP contribution in [-0.2, 0) is 0 Å². The summed E-state index contributed by atoms with van der Waals surface area (Å²) in [5.41, 5.74) is 5.41. The average Bonchev–Trinajstić information content (AvgIpc) is 2.89. The number of nitrogens with zero attached hydrogens (tertiary/aromatic N) is 3. The Hall–Kier alpha value is -1.70. The topological polar surface area (TPSA) is 52.1 Å². The summed E-state index contributed by atoms with van der Waals surface area (Å²) < 4.78 is 5.37. The molecule has 26 heavy (non-hydrogen) atoms. The number of rotatable bonds is 4. The Balaban J connectivity index is 1.50. The number of benzene rings is 1. The summed E-state index contributed by atoms with van der Waals surface area (Å²) in [4.78, 5) is 5.23. The van der Waals surface area contributed by atoms with Crippen LogP contribution in [0.5, 0.6) is 5.75 Å². The molecule has 1 aromatic carbocycles. The fraction of sp³-hybridized carbons (Fsp3) is 0.579. The van der Waals surface area contributed by atoms with Crippen molar-refractivity contribution < 1.29 is 4.74 Å². The number of para-hydroxylation sites is 2. The van der Waals surface area contributed by atoms with Crippen molar-refractivity contribution in [1.29, 1.82) is 0 Å². The first-order chi connectivity index (χ1) is 12.6. The number of nitrogens with one attached hydrogen (secondary N) is 2. The summed E-state index contributed by atoms with van der Waals surface area (Å²) in [6.45, 7) is 9.13. The van der Waals surface area contributed by atoms with Gasteiger partial charge in [0, 0.05) is 50.6 Å². The number of methoxy groups -OCH3 is 1. The Morgan fingerprint density at radius 3 is 2.62 bits per heavy atom. The van der Waals surface area contributed by atoms with Crippen LogP contribution in [0.3, 0.4) is 0 Å². The van der Waals surface area contributed by atoms with Crippen molar-refractivity contribution in [2.45, 2.75) is 13.3 Å². The van der Waals surface area contributed by atoms with Crippen LogP contribution in [0.4, 0.5) is 5.69 Å². The van der Waals surface area contributed by atoms with Crippen molar-refractivity contribution >= 4 is 28.7 Å². The van der Waals surface area contributed by atoms with Crippen LogP contribution in [0.15, 0.2) is 29.4 Å². The van der Waals surface area contributed by atoms with Crippen LogP contribution in [0.2, 0.25) is 0 Å². The van der Waals surface area contributed by atoms with E-state index >= 15 is 0 Å². The summed E-state index contributed by atoms with van der Waals surface area (Å²) in [7, 11) is 1.66. The van der Waals surface area contributed by atoms with Crippen molar-refractivity contribution in [2.75, 3.05) is 51.7 Å². The van der Waals surface area contributed by atoms with Gasteiger partial charge in [-0.25, -0.2) is 0 Å². The number of anilines is 1. The van der Waals surface area contributed by atoms with Gasteiger partial charge in [0.15, 0.2) is 5.11 Å². The fourth-order valence-corrected chi connectivity index (χ4v) is 4.89. The predicted octanol–water partition coefficient (Wildman–Crippen LogP) is 1.99. The van der Waals surface area contributed by atoms with Crippen LogP contribution < -0.4 is 15.5 Å². The van der Waals surface area contributed by atoms with Gasteiger partial charge in [0.1, 0.15) is 5.75 Å². The van der Waals surface area contributed by atoms with Gasteiger partial charge in [-0.2, -0.15) is 5.10 Å². The SMILES string of the molecule is CCC12CN3CCN(CC(C3)/C1=N/NC(=S)Nc1ccccc1OC)C2. The summed E-state index contributed by atoms with van der Waals surface area (Å²) in [5.74, 6) is 1.27. The smallest absolute Gasteiger partial charge is 0.191 e. The Morgan fingerprint density at radius 2 is 1.96 bits per heavy atom. The second-order valence-electron chi connectivity index (χ2n) is 7.56. The molecule has 4 heterocycles. The summed E-state index contributed by atoms with van der Waals surface area (Å²) in [6.07, 6.45) is 1.11. The molecule has 0 aliphatic carbocycles. The third-order valence-corrected chi connectivity index (χ3v) is 6.18. The minimum Gasteiger partial charge on any atom is -0.495 e. The molecule has 6 nitrogen and oxygen atoms in total. The molecule has 140 valence electrons. The van der Waals surface area contributed by atoms with E-state index in [1.807, 2.05) is 24.3 Å². The Kier molecular flexibility index (Phi) is 4.86. The lowest BCUT2D eigenvalue weighted by Crippen LogP contribution is -2.61. The largest absolute Gasteiger partial charge is 0.495 e. The van der Waals surface area contributed by atoms with E-state index in [4.69, 9.17) is 22.1 Å². The normalized spacial score (nSPS) is 33.8. The first-order valence-corrected chi connectivity index (χ1v) is 9.77. The van der Waals surface area contributed by atoms with Crippen molar-refractivity contribution in [3.63, 3.8) is 0 Å². The van der Waals surface area contributed by atoms with E-state index in [9.17, 15) is 0 Å². The van der Waals surface area contributed by atoms with Gasteiger partial charge in [0.2, 0.25) is 0 Å². The monoisotopic (exact) mass is 373 g/mol. The Morgan fingerprint density at radius 1 is 1.27 bits per heavy atom. The minimum atomic E-state index is 0.157. The molecular formula is C19H27N5OS. The van der Waals surface area contributed by atoms with Gasteiger partial charge in [-0.1, -0.05) is 19.1 Å². The van der Waals surface area contributed by atoms with Crippen molar-refractivity contribution in [2.24, 2.45) is 16.4 Å². The van der Waals surface area contributed by atoms with Gasteiger partial charge in [-0.3, -0.25) is 5.43 Å². The highest BCUT2D eigenvalue weighted by Gasteiger charge is 2.51. The molecular weight excluding hydrogens is 346 g/mol. The van der Waals surface area contributed by atoms with Gasteiger partial charge in [-0.05, 0) is 30.8 Å². The number of ether oxygens (including phenoxy) is 1. The van der Waals surface area contributed by atoms with Gasteiger partial charge in [0.25, 0.3) is 0 Å². The molecule has 7 heteroatoms. The van der Waals surface area contributed by atoms with E-state index < -0.39 is 0 Å². The van der Waals surface area contributed by atoms with Crippen molar-refractivity contribution in [1.82, 2.24) is 15.2 Å². The highest BCUT2D eigenvalue weighted by atomic mass is 32.1. The van der Waals surface area contributed by atoms with E-state index in [1.54, 1.807) is 7.11 Å². The van der Waals surface area contributed by atoms with Crippen molar-refractivity contribution in [3.05, 3.63) is 24.3 Å². The maximum Gasteiger partial charge on any atom is 0.191 e. The maximum absolute atomic E-state index is 5.47. The molecule has 4 bridgehead atoms. The average molecular weight is 374 g/mol. The molecule has 4 aliphatic rings. The van der Waals surface area contributed by atoms with E-state index in [-0.39, 0.29) is 5.41 Å². The lowest BCUT2D eigenvalue weighted by molar-refractivity contribution is 0.114. The zero-order chi connectivity index (χ0) is 18.1. The standard InChI is InChI=1S/C19H27N5OS/c1-3-19-12-23-8-9-24(13-19)11-14(10-23)17(19)21-22-18(26)20-15-6-4-5-7-16(15)25-2/h4-7,14H,3,8-13H2,1-2H3,(H2,20,22,26)/b21-17-. The molecule has 5 rings (SSSR count). The number of hydrogen-bond acceptors (Lipinski definition) is 5. The predicted molar refractivity (Wildman–Crippen MR) is 109 cm³/mol. The third kappa shape index (κ3) is 3.19. The molecule has 1 aromatic rings. The van der Waals surface area contributed by atoms with Gasteiger partial charge in [-0.15, -0.1) is 0 Å². The molecule has 2 atom stereocenters. The Bertz CT molecular complexity index is 706. The maximum atomic E-state index is 5.47. The number of hydrogen-bond donors (Lipinski definition) is 2. The lowest BCUT2D eigenvalue weighted by atomic mass is 9.69. The van der Waals surface area contributed by atoms with E-state index in [0.717, 1.165) is 44.0 Å². The molecule has 0 amide bonds. The molecule has 2 unspecified atom stereocenters. The first-order valence-electron chi connectivity index (χ1n) is 9.36. The Labute approximate surface area is 160 Å². The second-order valence-corrected chi connectivity index (χ2v) is 7.97. The molecule has 0 aromatic heterocycles. The molecule has 4 fully saturated rings. The van der Waals surface area contributed by atoms with Gasteiger partial charge < -0.3 is 19.9 Å². The minimum absolute atomic E-state index is 0.157. The molecule has 2 N–H and O–H groups in total. The first kappa shape index (κ1) is 17.7. The summed E-state index contributed by atoms with van der Waals surface area (Å²) >= 11 is 5.47. The number of hydrazone groups is 1. The summed E-state index contributed by atoms with van der Waals surface area (Å²) in [5, 5.41) is 8.52. The highest BCUT2D eigenvalue weighted by Crippen LogP contribution is 2.40. The highest BCUT2D eigenvalue weighted by molar-refractivity contribution is 7.80. The van der Waals surface area contributed by atoms with Crippen LogP contribution in [0, 0.1) is 11.3 Å². The van der Waals surface area contributed by atoms with Crippen LogP contribution in [0.25, 0.3) is 0 Å². The van der Waals surface area contributed by atoms with Crippen LogP contribution >= 0.6 is 12.2 Å². The zero-order valence-electron chi connectivity index (χ0n) is 15.5. The van der Waals surface area contributed by atoms with Crippen LogP contribution in [-0.4, -0.2) is 67.0 Å². The lowest BCUT2D eigenvalue weighted by Gasteiger charge is -2.50. The number of fused-ring (bicyclic) bond motifs is 1. The molecule has 0 radical (unpaired) electrons. The summed E-state index contributed by atoms with van der Waals surface area (Å²) in [6, 6.07) is 7.75. The van der Waals surface area contributed by atoms with Gasteiger partial charge in [0.05, 0.1) is 18.5 Å². The fourth-order valence-electron chi connectivity index (χ4n) is 4.73. The van der Waals surface area contributed by atoms with Gasteiger partial charge >= 0.3 is 0 Å². The molecule has 4 aliphatic heterocycles. The quantitative estimate of drug-likeness (QED) is 0.622. The zero-order valence-corrected chi connectivity index (χ0v) is 16.3. The second kappa shape index (κ2) is 7.13.